The molecule has 9 heteroatoms. The van der Waals surface area contributed by atoms with Crippen LogP contribution in [0.1, 0.15) is 5.56 Å². The Bertz CT molecular complexity index is 910. The number of nitrogens with one attached hydrogen (secondary N) is 1. The number of carbonyl (C=O) groups excluding carboxylic acids is 1. The molecule has 0 aliphatic heterocycles. The van der Waals surface area contributed by atoms with Crippen LogP contribution in [0.4, 0.5) is 10.1 Å². The van der Waals surface area contributed by atoms with Gasteiger partial charge >= 0.3 is 0 Å². The van der Waals surface area contributed by atoms with Gasteiger partial charge in [-0.3, -0.25) is 4.79 Å². The first-order valence-electron chi connectivity index (χ1n) is 6.43. The number of amides is 1. The molecule has 1 amide bonds. The van der Waals surface area contributed by atoms with Gasteiger partial charge < -0.3 is 5.32 Å². The lowest BCUT2D eigenvalue weighted by molar-refractivity contribution is -0.111. The van der Waals surface area contributed by atoms with E-state index in [0.717, 1.165) is 24.3 Å². The molecule has 0 bridgehead atoms. The zero-order valence-electron chi connectivity index (χ0n) is 12.0. The maximum atomic E-state index is 13.4. The van der Waals surface area contributed by atoms with Gasteiger partial charge in [0.05, 0.1) is 4.90 Å². The summed E-state index contributed by atoms with van der Waals surface area (Å²) in [5.41, 5.74) is 0.388. The van der Waals surface area contributed by atoms with E-state index in [1.165, 1.54) is 6.08 Å². The number of rotatable bonds is 4. The first-order valence-corrected chi connectivity index (χ1v) is 8.73. The van der Waals surface area contributed by atoms with Crippen molar-refractivity contribution in [3.8, 4) is 0 Å². The van der Waals surface area contributed by atoms with Crippen molar-refractivity contribution in [1.82, 2.24) is 0 Å². The molecule has 5 nitrogen and oxygen atoms in total. The Morgan fingerprint density at radius 2 is 1.79 bits per heavy atom. The average molecular weight is 389 g/mol. The third-order valence-corrected chi connectivity index (χ3v) is 4.42. The normalized spacial score (nSPS) is 11.7. The smallest absolute Gasteiger partial charge is 0.248 e. The van der Waals surface area contributed by atoms with Gasteiger partial charge in [0.15, 0.2) is 0 Å². The first kappa shape index (κ1) is 18.4. The molecule has 0 fully saturated rings. The number of primary sulfonamides is 1. The molecule has 0 saturated heterocycles. The van der Waals surface area contributed by atoms with Gasteiger partial charge in [-0.25, -0.2) is 17.9 Å². The van der Waals surface area contributed by atoms with Crippen LogP contribution in [0.2, 0.25) is 10.0 Å². The highest BCUT2D eigenvalue weighted by Gasteiger charge is 2.12. The summed E-state index contributed by atoms with van der Waals surface area (Å²) in [6.45, 7) is 0. The minimum Gasteiger partial charge on any atom is -0.322 e. The molecule has 126 valence electrons. The summed E-state index contributed by atoms with van der Waals surface area (Å²) in [5.74, 6) is -1.48. The van der Waals surface area contributed by atoms with Crippen molar-refractivity contribution in [2.75, 3.05) is 5.32 Å². The minimum absolute atomic E-state index is 0.0565. The van der Waals surface area contributed by atoms with Gasteiger partial charge in [-0.15, -0.1) is 0 Å². The molecule has 0 radical (unpaired) electrons. The van der Waals surface area contributed by atoms with Crippen molar-refractivity contribution in [2.45, 2.75) is 4.90 Å². The van der Waals surface area contributed by atoms with Gasteiger partial charge in [-0.05, 0) is 36.4 Å². The first-order chi connectivity index (χ1) is 11.2. The molecule has 24 heavy (non-hydrogen) atoms. The zero-order chi connectivity index (χ0) is 17.9. The Morgan fingerprint density at radius 1 is 1.17 bits per heavy atom. The molecule has 0 aliphatic rings. The predicted octanol–water partition coefficient (Wildman–Crippen LogP) is 3.43. The van der Waals surface area contributed by atoms with Crippen LogP contribution in [0, 0.1) is 5.82 Å². The topological polar surface area (TPSA) is 89.3 Å². The monoisotopic (exact) mass is 388 g/mol. The van der Waals surface area contributed by atoms with Crippen LogP contribution in [0.5, 0.6) is 0 Å². The molecule has 0 heterocycles. The van der Waals surface area contributed by atoms with E-state index in [-0.39, 0.29) is 5.69 Å². The summed E-state index contributed by atoms with van der Waals surface area (Å²) in [6.07, 6.45) is 2.52. The van der Waals surface area contributed by atoms with Crippen molar-refractivity contribution in [2.24, 2.45) is 5.14 Å². The second-order valence-corrected chi connectivity index (χ2v) is 7.05. The molecule has 2 rings (SSSR count). The zero-order valence-corrected chi connectivity index (χ0v) is 14.3. The summed E-state index contributed by atoms with van der Waals surface area (Å²) in [7, 11) is -4.09. The van der Waals surface area contributed by atoms with E-state index in [1.54, 1.807) is 18.2 Å². The van der Waals surface area contributed by atoms with Crippen molar-refractivity contribution < 1.29 is 17.6 Å². The van der Waals surface area contributed by atoms with Crippen LogP contribution in [0.25, 0.3) is 6.08 Å². The van der Waals surface area contributed by atoms with Gasteiger partial charge in [0, 0.05) is 27.4 Å². The number of carbonyl (C=O) groups is 1. The van der Waals surface area contributed by atoms with Gasteiger partial charge in [0.2, 0.25) is 15.9 Å². The number of halogens is 3. The fourth-order valence-corrected chi connectivity index (χ4v) is 2.90. The Kier molecular flexibility index (Phi) is 5.61. The third kappa shape index (κ3) is 4.78. The van der Waals surface area contributed by atoms with Gasteiger partial charge in [0.25, 0.3) is 0 Å². The lowest BCUT2D eigenvalue weighted by Gasteiger charge is -2.06. The van der Waals surface area contributed by atoms with Crippen LogP contribution < -0.4 is 10.5 Å². The Labute approximate surface area is 147 Å². The number of hydrogen-bond acceptors (Lipinski definition) is 3. The molecule has 2 aromatic rings. The molecular weight excluding hydrogens is 378 g/mol. The van der Waals surface area contributed by atoms with E-state index in [0.29, 0.717) is 15.6 Å². The fourth-order valence-electron chi connectivity index (χ4n) is 1.81. The molecule has 0 spiro atoms. The molecule has 0 saturated carbocycles. The lowest BCUT2D eigenvalue weighted by Crippen LogP contribution is -2.14. The second-order valence-electron chi connectivity index (χ2n) is 4.68. The van der Waals surface area contributed by atoms with Crippen molar-refractivity contribution in [3.63, 3.8) is 0 Å². The summed E-state index contributed by atoms with van der Waals surface area (Å²) in [6, 6.07) is 7.63. The highest BCUT2D eigenvalue weighted by atomic mass is 35.5. The SMILES string of the molecule is NS(=O)(=O)c1cc(F)cc(NC(=O)C=Cc2c(Cl)cccc2Cl)c1. The number of hydrogen-bond donors (Lipinski definition) is 2. The highest BCUT2D eigenvalue weighted by Crippen LogP contribution is 2.25. The van der Waals surface area contributed by atoms with E-state index in [1.807, 2.05) is 0 Å². The van der Waals surface area contributed by atoms with E-state index in [9.17, 15) is 17.6 Å². The summed E-state index contributed by atoms with van der Waals surface area (Å²) in [5, 5.41) is 7.99. The molecule has 2 aromatic carbocycles. The van der Waals surface area contributed by atoms with E-state index in [4.69, 9.17) is 28.3 Å². The average Bonchev–Trinajstić information content (AvgIpc) is 2.45. The number of sulfonamides is 1. The van der Waals surface area contributed by atoms with Gasteiger partial charge in [0.1, 0.15) is 5.82 Å². The van der Waals surface area contributed by atoms with Gasteiger partial charge in [-0.1, -0.05) is 29.3 Å². The van der Waals surface area contributed by atoms with Crippen molar-refractivity contribution in [3.05, 3.63) is 63.9 Å². The maximum absolute atomic E-state index is 13.4. The number of benzene rings is 2. The van der Waals surface area contributed by atoms with Crippen molar-refractivity contribution >= 4 is 50.9 Å². The van der Waals surface area contributed by atoms with Crippen LogP contribution in [0.15, 0.2) is 47.4 Å². The van der Waals surface area contributed by atoms with Crippen molar-refractivity contribution in [1.29, 1.82) is 0 Å². The van der Waals surface area contributed by atoms with Crippen LogP contribution in [-0.4, -0.2) is 14.3 Å². The molecule has 0 aliphatic carbocycles. The standard InChI is InChI=1S/C15H11Cl2FN2O3S/c16-13-2-1-3-14(17)12(13)4-5-15(21)20-10-6-9(18)7-11(8-10)24(19,22)23/h1-8H,(H,20,21)(H2,19,22,23). The van der Waals surface area contributed by atoms with E-state index >= 15 is 0 Å². The number of nitrogens with two attached hydrogens (primary N) is 1. The molecular formula is C15H11Cl2FN2O3S. The van der Waals surface area contributed by atoms with E-state index in [2.05, 4.69) is 5.32 Å². The van der Waals surface area contributed by atoms with Gasteiger partial charge in [-0.2, -0.15) is 0 Å². The molecule has 0 aromatic heterocycles. The fraction of sp³-hybridized carbons (Fsp3) is 0. The largest absolute Gasteiger partial charge is 0.322 e. The Balaban J connectivity index is 2.22. The summed E-state index contributed by atoms with van der Waals surface area (Å²) in [4.78, 5) is 11.4. The Morgan fingerprint density at radius 3 is 2.38 bits per heavy atom. The molecule has 3 N–H and O–H groups in total. The second kappa shape index (κ2) is 7.31. The molecule has 0 atom stereocenters. The van der Waals surface area contributed by atoms with Crippen LogP contribution in [-0.2, 0) is 14.8 Å². The number of anilines is 1. The van der Waals surface area contributed by atoms with Crippen LogP contribution >= 0.6 is 23.2 Å². The van der Waals surface area contributed by atoms with Crippen LogP contribution in [0.3, 0.4) is 0 Å². The summed E-state index contributed by atoms with van der Waals surface area (Å²) < 4.78 is 36.0. The lowest BCUT2D eigenvalue weighted by atomic mass is 10.2. The quantitative estimate of drug-likeness (QED) is 0.786. The highest BCUT2D eigenvalue weighted by molar-refractivity contribution is 7.89. The minimum atomic E-state index is -4.09. The summed E-state index contributed by atoms with van der Waals surface area (Å²) >= 11 is 11.9. The predicted molar refractivity (Wildman–Crippen MR) is 91.9 cm³/mol. The van der Waals surface area contributed by atoms with E-state index < -0.39 is 26.6 Å². The third-order valence-electron chi connectivity index (χ3n) is 2.87. The maximum Gasteiger partial charge on any atom is 0.248 e. The Hall–Kier alpha value is -1.93. The molecule has 0 unspecified atom stereocenters.